The maximum Gasteiger partial charge on any atom is 0.243 e. The monoisotopic (exact) mass is 214 g/mol. The molecule has 15 heavy (non-hydrogen) atoms. The van der Waals surface area contributed by atoms with Crippen molar-refractivity contribution in [2.24, 2.45) is 11.7 Å². The minimum absolute atomic E-state index is 0.0531. The van der Waals surface area contributed by atoms with Gasteiger partial charge in [0.2, 0.25) is 11.8 Å². The van der Waals surface area contributed by atoms with Crippen LogP contribution in [0.4, 0.5) is 0 Å². The van der Waals surface area contributed by atoms with Crippen molar-refractivity contribution < 1.29 is 9.59 Å². The lowest BCUT2D eigenvalue weighted by molar-refractivity contribution is -0.133. The fourth-order valence-electron chi connectivity index (χ4n) is 1.44. The number of hydrogen-bond acceptors (Lipinski definition) is 3. The molecule has 0 fully saturated rings. The van der Waals surface area contributed by atoms with Crippen LogP contribution in [0.2, 0.25) is 0 Å². The number of carbonyl (C=O) groups excluding carboxylic acids is 2. The molecular formula is C11H22N2O2. The summed E-state index contributed by atoms with van der Waals surface area (Å²) in [6.07, 6.45) is 3.55. The Morgan fingerprint density at radius 1 is 1.13 bits per heavy atom. The molecule has 1 atom stereocenters. The summed E-state index contributed by atoms with van der Waals surface area (Å²) in [5.41, 5.74) is 5.37. The minimum Gasteiger partial charge on any atom is -0.320 e. The van der Waals surface area contributed by atoms with E-state index in [0.29, 0.717) is 0 Å². The fraction of sp³-hybridized carbons (Fsp3) is 0.818. The largest absolute Gasteiger partial charge is 0.320 e. The smallest absolute Gasteiger partial charge is 0.243 e. The quantitative estimate of drug-likeness (QED) is 0.697. The summed E-state index contributed by atoms with van der Waals surface area (Å²) in [6, 6.07) is -0.627. The molecule has 0 spiro atoms. The number of imide groups is 1. The molecule has 3 N–H and O–H groups in total. The fourth-order valence-corrected chi connectivity index (χ4v) is 1.44. The van der Waals surface area contributed by atoms with E-state index >= 15 is 0 Å². The van der Waals surface area contributed by atoms with Crippen LogP contribution in [0.5, 0.6) is 0 Å². The van der Waals surface area contributed by atoms with E-state index in [9.17, 15) is 9.59 Å². The number of nitrogens with two attached hydrogens (primary N) is 1. The van der Waals surface area contributed by atoms with Gasteiger partial charge >= 0.3 is 0 Å². The number of amides is 2. The lowest BCUT2D eigenvalue weighted by Gasteiger charge is -2.15. The van der Waals surface area contributed by atoms with Crippen molar-refractivity contribution >= 4 is 11.8 Å². The second-order valence-corrected chi connectivity index (χ2v) is 3.92. The van der Waals surface area contributed by atoms with Gasteiger partial charge in [0.05, 0.1) is 6.04 Å². The molecule has 88 valence electrons. The van der Waals surface area contributed by atoms with Crippen LogP contribution in [0, 0.1) is 5.92 Å². The van der Waals surface area contributed by atoms with Gasteiger partial charge in [-0.15, -0.1) is 0 Å². The number of nitrogens with one attached hydrogen (secondary N) is 1. The molecule has 4 heteroatoms. The van der Waals surface area contributed by atoms with Crippen molar-refractivity contribution in [3.05, 3.63) is 0 Å². The summed E-state index contributed by atoms with van der Waals surface area (Å²) in [5, 5.41) is 2.35. The molecule has 0 aliphatic carbocycles. The Balaban J connectivity index is 4.18. The molecule has 0 bridgehead atoms. The first kappa shape index (κ1) is 14.1. The highest BCUT2D eigenvalue weighted by Gasteiger charge is 2.19. The van der Waals surface area contributed by atoms with E-state index < -0.39 is 11.9 Å². The molecule has 1 unspecified atom stereocenters. The highest BCUT2D eigenvalue weighted by Crippen LogP contribution is 2.13. The van der Waals surface area contributed by atoms with E-state index in [1.165, 1.54) is 0 Å². The molecule has 0 heterocycles. The topological polar surface area (TPSA) is 72.2 Å². The van der Waals surface area contributed by atoms with E-state index in [1.54, 1.807) is 6.92 Å². The van der Waals surface area contributed by atoms with Crippen molar-refractivity contribution in [2.45, 2.75) is 52.5 Å². The Morgan fingerprint density at radius 2 is 1.60 bits per heavy atom. The molecule has 0 aliphatic heterocycles. The Hall–Kier alpha value is -0.900. The van der Waals surface area contributed by atoms with Gasteiger partial charge in [-0.1, -0.05) is 26.7 Å². The van der Waals surface area contributed by atoms with Crippen LogP contribution < -0.4 is 11.1 Å². The van der Waals surface area contributed by atoms with Crippen molar-refractivity contribution in [3.8, 4) is 0 Å². The van der Waals surface area contributed by atoms with Crippen molar-refractivity contribution in [2.75, 3.05) is 0 Å². The zero-order valence-electron chi connectivity index (χ0n) is 9.88. The maximum atomic E-state index is 11.7. The second-order valence-electron chi connectivity index (χ2n) is 3.92. The normalized spacial score (nSPS) is 12.6. The van der Waals surface area contributed by atoms with Crippen LogP contribution in [-0.2, 0) is 9.59 Å². The molecule has 0 saturated heterocycles. The molecule has 0 radical (unpaired) electrons. The standard InChI is InChI=1S/C11H22N2O2/c1-4-6-9(7-5-2)11(15)13-10(14)8(3)12/h8-9H,4-7,12H2,1-3H3,(H,13,14,15). The molecule has 0 saturated carbocycles. The summed E-state index contributed by atoms with van der Waals surface area (Å²) in [6.45, 7) is 5.63. The van der Waals surface area contributed by atoms with E-state index in [-0.39, 0.29) is 11.8 Å². The van der Waals surface area contributed by atoms with Crippen LogP contribution in [0.3, 0.4) is 0 Å². The maximum absolute atomic E-state index is 11.7. The summed E-state index contributed by atoms with van der Waals surface area (Å²) < 4.78 is 0. The van der Waals surface area contributed by atoms with E-state index in [0.717, 1.165) is 25.7 Å². The first-order valence-electron chi connectivity index (χ1n) is 5.63. The average molecular weight is 214 g/mol. The highest BCUT2D eigenvalue weighted by atomic mass is 16.2. The number of rotatable bonds is 6. The molecule has 4 nitrogen and oxygen atoms in total. The Bertz CT molecular complexity index is 209. The Labute approximate surface area is 91.6 Å². The van der Waals surface area contributed by atoms with Gasteiger partial charge in [-0.2, -0.15) is 0 Å². The lowest BCUT2D eigenvalue weighted by Crippen LogP contribution is -2.44. The molecule has 0 aliphatic rings. The first-order chi connectivity index (χ1) is 7.02. The Morgan fingerprint density at radius 3 is 1.93 bits per heavy atom. The summed E-state index contributed by atoms with van der Waals surface area (Å²) in [5.74, 6) is -0.624. The van der Waals surface area contributed by atoms with Crippen molar-refractivity contribution in [3.63, 3.8) is 0 Å². The zero-order chi connectivity index (χ0) is 11.8. The van der Waals surface area contributed by atoms with Gasteiger partial charge in [0.1, 0.15) is 0 Å². The van der Waals surface area contributed by atoms with Crippen LogP contribution in [0.15, 0.2) is 0 Å². The summed E-state index contributed by atoms with van der Waals surface area (Å²) in [4.78, 5) is 22.9. The van der Waals surface area contributed by atoms with Crippen molar-refractivity contribution in [1.82, 2.24) is 5.32 Å². The van der Waals surface area contributed by atoms with Crippen LogP contribution in [0.25, 0.3) is 0 Å². The number of hydrogen-bond donors (Lipinski definition) is 2. The van der Waals surface area contributed by atoms with Gasteiger partial charge in [-0.3, -0.25) is 14.9 Å². The third-order valence-corrected chi connectivity index (χ3v) is 2.31. The second kappa shape index (κ2) is 7.40. The van der Waals surface area contributed by atoms with Gasteiger partial charge in [-0.05, 0) is 19.8 Å². The van der Waals surface area contributed by atoms with Gasteiger partial charge in [-0.25, -0.2) is 0 Å². The molecule has 0 rings (SSSR count). The predicted molar refractivity (Wildman–Crippen MR) is 60.1 cm³/mol. The highest BCUT2D eigenvalue weighted by molar-refractivity contribution is 5.98. The van der Waals surface area contributed by atoms with Gasteiger partial charge in [0.25, 0.3) is 0 Å². The molecule has 0 aromatic rings. The van der Waals surface area contributed by atoms with Gasteiger partial charge in [0.15, 0.2) is 0 Å². The molecule has 2 amide bonds. The minimum atomic E-state index is -0.627. The van der Waals surface area contributed by atoms with E-state index in [4.69, 9.17) is 5.73 Å². The number of carbonyl (C=O) groups is 2. The lowest BCUT2D eigenvalue weighted by atomic mass is 9.97. The SMILES string of the molecule is CCCC(CCC)C(=O)NC(=O)C(C)N. The van der Waals surface area contributed by atoms with Crippen LogP contribution in [-0.4, -0.2) is 17.9 Å². The third kappa shape index (κ3) is 5.52. The molecule has 0 aromatic heterocycles. The summed E-state index contributed by atoms with van der Waals surface area (Å²) in [7, 11) is 0. The molecule has 0 aromatic carbocycles. The van der Waals surface area contributed by atoms with Crippen LogP contribution in [0.1, 0.15) is 46.5 Å². The zero-order valence-corrected chi connectivity index (χ0v) is 9.88. The van der Waals surface area contributed by atoms with Crippen LogP contribution >= 0.6 is 0 Å². The predicted octanol–water partition coefficient (Wildman–Crippen LogP) is 1.19. The Kier molecular flexibility index (Phi) is 6.96. The summed E-state index contributed by atoms with van der Waals surface area (Å²) >= 11 is 0. The van der Waals surface area contributed by atoms with Gasteiger partial charge in [0, 0.05) is 5.92 Å². The van der Waals surface area contributed by atoms with E-state index in [1.807, 2.05) is 13.8 Å². The van der Waals surface area contributed by atoms with E-state index in [2.05, 4.69) is 5.32 Å². The average Bonchev–Trinajstić information content (AvgIpc) is 2.17. The third-order valence-electron chi connectivity index (χ3n) is 2.31. The first-order valence-corrected chi connectivity index (χ1v) is 5.63. The van der Waals surface area contributed by atoms with Gasteiger partial charge < -0.3 is 5.73 Å². The molecular weight excluding hydrogens is 192 g/mol. The van der Waals surface area contributed by atoms with Crippen molar-refractivity contribution in [1.29, 1.82) is 0 Å².